The lowest BCUT2D eigenvalue weighted by molar-refractivity contribution is -0.141. The third kappa shape index (κ3) is 7.24. The second-order valence-corrected chi connectivity index (χ2v) is 17.0. The van der Waals surface area contributed by atoms with Crippen molar-refractivity contribution < 1.29 is 47.3 Å². The fourth-order valence-corrected chi connectivity index (χ4v) is 10.2. The van der Waals surface area contributed by atoms with Crippen LogP contribution in [-0.4, -0.2) is 55.3 Å². The van der Waals surface area contributed by atoms with Crippen LogP contribution >= 0.6 is 23.2 Å². The summed E-state index contributed by atoms with van der Waals surface area (Å²) in [7, 11) is 0. The predicted octanol–water partition coefficient (Wildman–Crippen LogP) is 8.63. The molecule has 3 fully saturated rings. The van der Waals surface area contributed by atoms with Crippen LogP contribution in [-0.2, 0) is 43.8 Å². The smallest absolute Gasteiger partial charge is 0.417 e. The lowest BCUT2D eigenvalue weighted by atomic mass is 9.49. The molecule has 4 aromatic carbocycles. The fourth-order valence-electron chi connectivity index (χ4n) is 9.91. The quantitative estimate of drug-likeness (QED) is 0.0926. The second kappa shape index (κ2) is 16.1. The van der Waals surface area contributed by atoms with Gasteiger partial charge in [-0.05, 0) is 78.3 Å². The van der Waals surface area contributed by atoms with E-state index < -0.39 is 75.3 Å². The maximum absolute atomic E-state index is 15.5. The van der Waals surface area contributed by atoms with Crippen LogP contribution in [0.5, 0.6) is 17.2 Å². The van der Waals surface area contributed by atoms with E-state index in [1.54, 1.807) is 48.5 Å². The van der Waals surface area contributed by atoms with E-state index in [2.05, 4.69) is 10.4 Å². The van der Waals surface area contributed by atoms with Gasteiger partial charge in [-0.3, -0.25) is 29.5 Å². The number of rotatable bonds is 10. The first-order chi connectivity index (χ1) is 30.2. The number of nitrogens with one attached hydrogen (secondary N) is 1. The van der Waals surface area contributed by atoms with Crippen LogP contribution in [0.15, 0.2) is 121 Å². The van der Waals surface area contributed by atoms with Crippen LogP contribution in [0, 0.1) is 23.7 Å². The molecule has 11 nitrogen and oxygen atoms in total. The van der Waals surface area contributed by atoms with Crippen LogP contribution in [0.25, 0.3) is 0 Å². The third-order valence-electron chi connectivity index (χ3n) is 12.8. The number of anilines is 1. The highest BCUT2D eigenvalue weighted by Gasteiger charge is 2.70. The number of hydrogen-bond donors (Lipinski definition) is 3. The number of carbonyl (C=O) groups excluding carboxylic acids is 4. The van der Waals surface area contributed by atoms with Gasteiger partial charge < -0.3 is 14.9 Å². The Morgan fingerprint density at radius 3 is 2.25 bits per heavy atom. The van der Waals surface area contributed by atoms with E-state index in [0.717, 1.165) is 11.1 Å². The zero-order chi connectivity index (χ0) is 44.4. The van der Waals surface area contributed by atoms with Crippen LogP contribution in [0.2, 0.25) is 10.0 Å². The zero-order valence-corrected chi connectivity index (χ0v) is 34.6. The summed E-state index contributed by atoms with van der Waals surface area (Å²) in [5.41, 5.74) is 2.42. The molecule has 16 heteroatoms. The van der Waals surface area contributed by atoms with Gasteiger partial charge in [-0.2, -0.15) is 18.2 Å². The number of pyridine rings is 1. The number of benzene rings is 4. The number of carbonyl (C=O) groups is 4. The van der Waals surface area contributed by atoms with Gasteiger partial charge in [-0.25, -0.2) is 4.98 Å². The summed E-state index contributed by atoms with van der Waals surface area (Å²) < 4.78 is 46.8. The number of allylic oxidation sites excluding steroid dienone is 2. The van der Waals surface area contributed by atoms with E-state index in [9.17, 15) is 33.0 Å². The molecule has 63 heavy (non-hydrogen) atoms. The van der Waals surface area contributed by atoms with E-state index in [1.807, 2.05) is 36.4 Å². The van der Waals surface area contributed by atoms with Crippen molar-refractivity contribution in [3.63, 3.8) is 0 Å². The Morgan fingerprint density at radius 1 is 0.841 bits per heavy atom. The van der Waals surface area contributed by atoms with E-state index in [1.165, 1.54) is 23.1 Å². The molecule has 4 amide bonds. The first kappa shape index (κ1) is 41.9. The number of alkyl halides is 3. The molecule has 322 valence electrons. The van der Waals surface area contributed by atoms with Gasteiger partial charge in [0.1, 0.15) is 23.9 Å². The van der Waals surface area contributed by atoms with Crippen molar-refractivity contribution in [1.29, 1.82) is 0 Å². The monoisotopic (exact) mass is 896 g/mol. The van der Waals surface area contributed by atoms with Crippen molar-refractivity contribution >= 4 is 52.6 Å². The highest BCUT2D eigenvalue weighted by molar-refractivity contribution is 6.33. The topological polar surface area (TPSA) is 149 Å². The van der Waals surface area contributed by atoms with Gasteiger partial charge in [0.05, 0.1) is 33.8 Å². The molecule has 2 saturated heterocycles. The van der Waals surface area contributed by atoms with Crippen LogP contribution in [0.3, 0.4) is 0 Å². The highest BCUT2D eigenvalue weighted by atomic mass is 35.5. The van der Waals surface area contributed by atoms with Gasteiger partial charge in [0.25, 0.3) is 11.8 Å². The molecule has 9 rings (SSSR count). The predicted molar refractivity (Wildman–Crippen MR) is 224 cm³/mol. The van der Waals surface area contributed by atoms with Crippen LogP contribution < -0.4 is 10.2 Å². The Bertz CT molecular complexity index is 2680. The second-order valence-electron chi connectivity index (χ2n) is 16.2. The Balaban J connectivity index is 1.16. The minimum absolute atomic E-state index is 0.0697. The molecule has 1 aromatic heterocycles. The normalized spacial score (nSPS) is 24.2. The zero-order valence-electron chi connectivity index (χ0n) is 33.1. The number of aromatic nitrogens is 1. The summed E-state index contributed by atoms with van der Waals surface area (Å²) in [5, 5.41) is 22.3. The van der Waals surface area contributed by atoms with Crippen molar-refractivity contribution in [1.82, 2.24) is 14.9 Å². The number of likely N-dealkylation sites (tertiary alicyclic amines) is 1. The average Bonchev–Trinajstić information content (AvgIpc) is 3.63. The third-order valence-corrected chi connectivity index (χ3v) is 13.3. The Labute approximate surface area is 368 Å². The Hall–Kier alpha value is -6.38. The number of fused-ring (bicyclic) bond motifs is 4. The van der Waals surface area contributed by atoms with Crippen molar-refractivity contribution in [2.45, 2.75) is 43.4 Å². The number of ether oxygens (including phenoxy) is 1. The number of hydrogen-bond acceptors (Lipinski definition) is 9. The standard InChI is InChI=1S/C47H37Cl2F3N4O7/c48-29-10-8-27(9-11-29)46-36(43(60)56(45(46)62)54-41-37(49)20-28(23-53-41)47(50,51)52)22-35-32(40(46)33-15-14-31(21-38(33)58)63-24-26-4-2-1-3-5-26)16-17-34-39(35)44(61)55(42(34)59)19-18-25-6-12-30(57)13-7-25/h1-16,20-21,23,34-36,39-40,57-58H,17-19,22,24H2,(H,53,54)/t34-,35+,36-,39-,40+,46+/m0/s1. The molecule has 0 radical (unpaired) electrons. The van der Waals surface area contributed by atoms with Crippen molar-refractivity contribution in [2.24, 2.45) is 23.7 Å². The highest BCUT2D eigenvalue weighted by Crippen LogP contribution is 2.65. The SMILES string of the molecule is O=C1[C@H]2[C@H](CC=C3[C@H]2C[C@H]2C(=O)N(Nc4ncc(C(F)(F)F)cc4Cl)C(=O)[C@@]2(c2ccc(Cl)cc2)[C@H]3c2ccc(OCc3ccccc3)cc2O)C(=O)N1CCc1ccc(O)cc1. The number of phenolic OH excluding ortho intramolecular Hbond substituents is 2. The molecule has 1 saturated carbocycles. The largest absolute Gasteiger partial charge is 0.508 e. The molecule has 6 atom stereocenters. The van der Waals surface area contributed by atoms with Gasteiger partial charge in [-0.1, -0.05) is 95.5 Å². The van der Waals surface area contributed by atoms with E-state index in [-0.39, 0.29) is 49.0 Å². The molecule has 5 aromatic rings. The first-order valence-corrected chi connectivity index (χ1v) is 20.9. The molecular formula is C47H37Cl2F3N4O7. The Kier molecular flexibility index (Phi) is 10.7. The molecule has 2 aliphatic carbocycles. The minimum Gasteiger partial charge on any atom is -0.508 e. The number of halogens is 5. The van der Waals surface area contributed by atoms with Crippen molar-refractivity contribution in [3.05, 3.63) is 159 Å². The molecule has 3 heterocycles. The summed E-state index contributed by atoms with van der Waals surface area (Å²) in [5.74, 6) is -7.56. The number of imide groups is 2. The lowest BCUT2D eigenvalue weighted by Crippen LogP contribution is -2.53. The number of nitrogens with zero attached hydrogens (tertiary/aromatic N) is 3. The van der Waals surface area contributed by atoms with Crippen molar-refractivity contribution in [2.75, 3.05) is 12.0 Å². The Morgan fingerprint density at radius 2 is 1.57 bits per heavy atom. The molecule has 0 unspecified atom stereocenters. The van der Waals surface area contributed by atoms with Crippen molar-refractivity contribution in [3.8, 4) is 17.2 Å². The van der Waals surface area contributed by atoms with E-state index >= 15 is 9.59 Å². The molecule has 4 aliphatic rings. The summed E-state index contributed by atoms with van der Waals surface area (Å²) in [6.07, 6.45) is -2.05. The summed E-state index contributed by atoms with van der Waals surface area (Å²) in [4.78, 5) is 64.3. The van der Waals surface area contributed by atoms with Gasteiger partial charge in [-0.15, -0.1) is 0 Å². The van der Waals surface area contributed by atoms with E-state index in [4.69, 9.17) is 27.9 Å². The number of amides is 4. The van der Waals surface area contributed by atoms with Gasteiger partial charge in [0, 0.05) is 35.3 Å². The van der Waals surface area contributed by atoms with Gasteiger partial charge >= 0.3 is 6.18 Å². The first-order valence-electron chi connectivity index (χ1n) is 20.1. The fraction of sp³-hybridized carbons (Fsp3) is 0.255. The van der Waals surface area contributed by atoms with E-state index in [0.29, 0.717) is 45.6 Å². The maximum atomic E-state index is 15.5. The molecule has 0 bridgehead atoms. The van der Waals surface area contributed by atoms with Gasteiger partial charge in [0.2, 0.25) is 11.8 Å². The van der Waals surface area contributed by atoms with Crippen LogP contribution in [0.4, 0.5) is 19.0 Å². The molecule has 2 aliphatic heterocycles. The molecule has 0 spiro atoms. The average molecular weight is 898 g/mol. The maximum Gasteiger partial charge on any atom is 0.417 e. The number of hydrazine groups is 1. The number of phenols is 2. The minimum atomic E-state index is -4.78. The summed E-state index contributed by atoms with van der Waals surface area (Å²) in [6.45, 7) is 0.254. The lowest BCUT2D eigenvalue weighted by Gasteiger charge is -2.50. The summed E-state index contributed by atoms with van der Waals surface area (Å²) >= 11 is 12.7. The van der Waals surface area contributed by atoms with Gasteiger partial charge in [0.15, 0.2) is 5.82 Å². The molecule has 3 N–H and O–H groups in total. The number of aromatic hydroxyl groups is 2. The van der Waals surface area contributed by atoms with Crippen LogP contribution in [0.1, 0.15) is 46.6 Å². The summed E-state index contributed by atoms with van der Waals surface area (Å²) in [6, 6.07) is 27.4. The molecular weight excluding hydrogens is 860 g/mol.